The van der Waals surface area contributed by atoms with Crippen molar-refractivity contribution in [3.8, 4) is 5.75 Å². The molecule has 1 fully saturated rings. The molecule has 1 aliphatic heterocycles. The third-order valence-electron chi connectivity index (χ3n) is 4.26. The van der Waals surface area contributed by atoms with Gasteiger partial charge in [0.1, 0.15) is 12.3 Å². The van der Waals surface area contributed by atoms with Gasteiger partial charge in [-0.3, -0.25) is 14.4 Å². The summed E-state index contributed by atoms with van der Waals surface area (Å²) in [6.45, 7) is 2.59. The van der Waals surface area contributed by atoms with Gasteiger partial charge in [-0.2, -0.15) is 0 Å². The molecule has 1 aromatic rings. The smallest absolute Gasteiger partial charge is 0.409 e. The molecule has 0 unspecified atom stereocenters. The van der Waals surface area contributed by atoms with Crippen LogP contribution in [-0.2, 0) is 19.1 Å². The Hall–Kier alpha value is -3.30. The molecule has 0 aliphatic carbocycles. The summed E-state index contributed by atoms with van der Waals surface area (Å²) in [5.41, 5.74) is 0.290. The lowest BCUT2D eigenvalue weighted by molar-refractivity contribution is -0.151. The molecule has 0 spiro atoms. The van der Waals surface area contributed by atoms with Crippen molar-refractivity contribution in [3.63, 3.8) is 0 Å². The first-order chi connectivity index (χ1) is 14.0. The number of rotatable bonds is 7. The van der Waals surface area contributed by atoms with Crippen LogP contribution in [0.5, 0.6) is 5.75 Å². The lowest BCUT2D eigenvalue weighted by Crippen LogP contribution is -2.51. The molecule has 0 bridgehead atoms. The predicted molar refractivity (Wildman–Crippen MR) is 101 cm³/mol. The van der Waals surface area contributed by atoms with E-state index < -0.39 is 24.6 Å². The number of para-hydroxylation sites is 1. The Morgan fingerprint density at radius 1 is 1.00 bits per heavy atom. The van der Waals surface area contributed by atoms with Crippen LogP contribution in [0.4, 0.5) is 4.79 Å². The summed E-state index contributed by atoms with van der Waals surface area (Å²) >= 11 is 0. The van der Waals surface area contributed by atoms with E-state index in [4.69, 9.17) is 14.2 Å². The molecule has 1 saturated heterocycles. The Balaban J connectivity index is 1.70. The Morgan fingerprint density at radius 2 is 1.66 bits per heavy atom. The van der Waals surface area contributed by atoms with Gasteiger partial charge in [0.25, 0.3) is 11.8 Å². The summed E-state index contributed by atoms with van der Waals surface area (Å²) < 4.78 is 14.9. The number of carbonyl (C=O) groups excluding carboxylic acids is 4. The Morgan fingerprint density at radius 3 is 2.31 bits per heavy atom. The maximum Gasteiger partial charge on any atom is 0.409 e. The predicted octanol–water partition coefficient (Wildman–Crippen LogP) is 0.269. The summed E-state index contributed by atoms with van der Waals surface area (Å²) in [5.74, 6) is -1.19. The highest BCUT2D eigenvalue weighted by Gasteiger charge is 2.25. The first kappa shape index (κ1) is 22.0. The lowest BCUT2D eigenvalue weighted by atomic mass is 10.2. The van der Waals surface area contributed by atoms with E-state index in [0.29, 0.717) is 44.1 Å². The number of carbonyl (C=O) groups is 4. The van der Waals surface area contributed by atoms with Gasteiger partial charge < -0.3 is 29.3 Å². The number of nitrogens with zero attached hydrogens (tertiary/aromatic N) is 2. The summed E-state index contributed by atoms with van der Waals surface area (Å²) in [5, 5.41) is 2.43. The molecule has 3 amide bonds. The minimum Gasteiger partial charge on any atom is -0.496 e. The van der Waals surface area contributed by atoms with Gasteiger partial charge in [-0.25, -0.2) is 4.79 Å². The van der Waals surface area contributed by atoms with Crippen LogP contribution in [0.2, 0.25) is 0 Å². The van der Waals surface area contributed by atoms with Crippen LogP contribution in [0.3, 0.4) is 0 Å². The zero-order chi connectivity index (χ0) is 21.2. The van der Waals surface area contributed by atoms with E-state index in [-0.39, 0.29) is 12.5 Å². The number of ether oxygens (including phenoxy) is 3. The Kier molecular flexibility index (Phi) is 8.26. The third kappa shape index (κ3) is 6.37. The van der Waals surface area contributed by atoms with Crippen molar-refractivity contribution in [2.45, 2.75) is 6.92 Å². The van der Waals surface area contributed by atoms with Crippen molar-refractivity contribution >= 4 is 23.9 Å². The number of hydrogen-bond acceptors (Lipinski definition) is 7. The second-order valence-corrected chi connectivity index (χ2v) is 6.11. The lowest BCUT2D eigenvalue weighted by Gasteiger charge is -2.33. The summed E-state index contributed by atoms with van der Waals surface area (Å²) in [6.07, 6.45) is -0.406. The van der Waals surface area contributed by atoms with Crippen molar-refractivity contribution in [1.82, 2.24) is 15.1 Å². The van der Waals surface area contributed by atoms with Crippen LogP contribution >= 0.6 is 0 Å². The Labute approximate surface area is 168 Å². The van der Waals surface area contributed by atoms with Crippen molar-refractivity contribution in [1.29, 1.82) is 0 Å². The zero-order valence-electron chi connectivity index (χ0n) is 16.5. The van der Waals surface area contributed by atoms with Crippen LogP contribution in [0.1, 0.15) is 17.3 Å². The summed E-state index contributed by atoms with van der Waals surface area (Å²) in [7, 11) is 1.44. The first-order valence-corrected chi connectivity index (χ1v) is 9.22. The molecule has 0 saturated carbocycles. The molecule has 1 aliphatic rings. The second-order valence-electron chi connectivity index (χ2n) is 6.11. The van der Waals surface area contributed by atoms with Crippen LogP contribution in [0.25, 0.3) is 0 Å². The van der Waals surface area contributed by atoms with Crippen LogP contribution < -0.4 is 10.1 Å². The number of piperazine rings is 1. The number of benzene rings is 1. The topological polar surface area (TPSA) is 114 Å². The number of esters is 1. The largest absolute Gasteiger partial charge is 0.496 e. The molecule has 1 heterocycles. The average Bonchev–Trinajstić information content (AvgIpc) is 2.75. The first-order valence-electron chi connectivity index (χ1n) is 9.22. The number of amides is 3. The van der Waals surface area contributed by atoms with Gasteiger partial charge in [0.2, 0.25) is 0 Å². The van der Waals surface area contributed by atoms with E-state index in [0.717, 1.165) is 0 Å². The van der Waals surface area contributed by atoms with Gasteiger partial charge in [-0.1, -0.05) is 12.1 Å². The van der Waals surface area contributed by atoms with Gasteiger partial charge >= 0.3 is 12.1 Å². The van der Waals surface area contributed by atoms with Gasteiger partial charge in [0.05, 0.1) is 19.3 Å². The van der Waals surface area contributed by atoms with E-state index in [9.17, 15) is 19.2 Å². The van der Waals surface area contributed by atoms with Crippen LogP contribution in [0.15, 0.2) is 24.3 Å². The summed E-state index contributed by atoms with van der Waals surface area (Å²) in [4.78, 5) is 50.8. The van der Waals surface area contributed by atoms with E-state index in [2.05, 4.69) is 5.32 Å². The highest BCUT2D eigenvalue weighted by atomic mass is 16.6. The van der Waals surface area contributed by atoms with Gasteiger partial charge in [-0.05, 0) is 19.1 Å². The molecule has 10 heteroatoms. The van der Waals surface area contributed by atoms with Crippen molar-refractivity contribution < 1.29 is 33.4 Å². The Bertz CT molecular complexity index is 745. The fraction of sp³-hybridized carbons (Fsp3) is 0.474. The molecule has 1 aromatic carbocycles. The van der Waals surface area contributed by atoms with E-state index in [1.807, 2.05) is 0 Å². The maximum atomic E-state index is 12.2. The van der Waals surface area contributed by atoms with Gasteiger partial charge in [0, 0.05) is 26.2 Å². The molecule has 29 heavy (non-hydrogen) atoms. The maximum absolute atomic E-state index is 12.2. The van der Waals surface area contributed by atoms with Crippen LogP contribution in [-0.4, -0.2) is 86.7 Å². The number of nitrogens with one attached hydrogen (secondary N) is 1. The molecule has 0 atom stereocenters. The minimum atomic E-state index is -0.730. The van der Waals surface area contributed by atoms with Crippen molar-refractivity contribution in [2.75, 3.05) is 53.0 Å². The van der Waals surface area contributed by atoms with E-state index in [1.54, 1.807) is 31.2 Å². The summed E-state index contributed by atoms with van der Waals surface area (Å²) in [6, 6.07) is 6.60. The normalized spacial score (nSPS) is 13.4. The van der Waals surface area contributed by atoms with Gasteiger partial charge in [-0.15, -0.1) is 0 Å². The molecule has 0 aromatic heterocycles. The van der Waals surface area contributed by atoms with Crippen molar-refractivity contribution in [3.05, 3.63) is 29.8 Å². The minimum absolute atomic E-state index is 0.290. The highest BCUT2D eigenvalue weighted by molar-refractivity contribution is 5.98. The molecular formula is C19H25N3O7. The molecule has 1 N–H and O–H groups in total. The number of methoxy groups -OCH3 is 1. The monoisotopic (exact) mass is 407 g/mol. The quantitative estimate of drug-likeness (QED) is 0.645. The fourth-order valence-corrected chi connectivity index (χ4v) is 2.72. The second kappa shape index (κ2) is 10.9. The van der Waals surface area contributed by atoms with E-state index >= 15 is 0 Å². The SMILES string of the molecule is CCOC(=O)N1CCN(C(=O)COC(=O)CNC(=O)c2ccccc2OC)CC1. The fourth-order valence-electron chi connectivity index (χ4n) is 2.72. The molecular weight excluding hydrogens is 382 g/mol. The molecule has 2 rings (SSSR count). The molecule has 10 nitrogen and oxygen atoms in total. The average molecular weight is 407 g/mol. The zero-order valence-corrected chi connectivity index (χ0v) is 16.5. The number of hydrogen-bond donors (Lipinski definition) is 1. The standard InChI is InChI=1S/C19H25N3O7/c1-3-28-19(26)22-10-8-21(9-11-22)16(23)13-29-17(24)12-20-18(25)14-6-4-5-7-15(14)27-2/h4-7H,3,8-13H2,1-2H3,(H,20,25). The molecule has 158 valence electrons. The third-order valence-corrected chi connectivity index (χ3v) is 4.26. The van der Waals surface area contributed by atoms with Gasteiger partial charge in [0.15, 0.2) is 6.61 Å². The highest BCUT2D eigenvalue weighted by Crippen LogP contribution is 2.16. The molecule has 0 radical (unpaired) electrons. The van der Waals surface area contributed by atoms with Crippen molar-refractivity contribution in [2.24, 2.45) is 0 Å². The van der Waals surface area contributed by atoms with E-state index in [1.165, 1.54) is 16.9 Å². The van der Waals surface area contributed by atoms with Crippen LogP contribution in [0, 0.1) is 0 Å².